The molecule has 4 nitrogen and oxygen atoms in total. The number of halogens is 1. The zero-order valence-electron chi connectivity index (χ0n) is 13.6. The molecule has 1 amide bonds. The number of carbonyl (C=O) groups excluding carboxylic acids is 1. The van der Waals surface area contributed by atoms with Crippen molar-refractivity contribution >= 4 is 18.3 Å². The zero-order chi connectivity index (χ0) is 14.5. The minimum atomic E-state index is -0.269. The molecule has 0 aromatic heterocycles. The fourth-order valence-electron chi connectivity index (χ4n) is 3.72. The molecule has 2 N–H and O–H groups in total. The van der Waals surface area contributed by atoms with Crippen LogP contribution in [-0.2, 0) is 4.79 Å². The van der Waals surface area contributed by atoms with E-state index in [0.717, 1.165) is 32.4 Å². The van der Waals surface area contributed by atoms with E-state index in [0.29, 0.717) is 12.0 Å². The molecule has 0 aromatic carbocycles. The molecule has 1 aliphatic carbocycles. The van der Waals surface area contributed by atoms with Crippen LogP contribution < -0.4 is 5.73 Å². The first-order chi connectivity index (χ1) is 9.58. The topological polar surface area (TPSA) is 49.6 Å². The van der Waals surface area contributed by atoms with E-state index in [1.807, 2.05) is 4.90 Å². The quantitative estimate of drug-likeness (QED) is 0.865. The molecular formula is C16H32ClN3O. The molecule has 1 aliphatic heterocycles. The molecule has 2 aliphatic rings. The lowest BCUT2D eigenvalue weighted by molar-refractivity contribution is -0.134. The summed E-state index contributed by atoms with van der Waals surface area (Å²) in [4.78, 5) is 16.7. The Morgan fingerprint density at radius 2 is 1.71 bits per heavy atom. The highest BCUT2D eigenvalue weighted by Gasteiger charge is 2.28. The molecule has 0 spiro atoms. The number of amides is 1. The number of hydrogen-bond donors (Lipinski definition) is 1. The maximum atomic E-state index is 12.4. The van der Waals surface area contributed by atoms with Gasteiger partial charge in [-0.3, -0.25) is 4.79 Å². The van der Waals surface area contributed by atoms with Gasteiger partial charge in [-0.15, -0.1) is 12.4 Å². The Bertz CT molecular complexity index is 311. The summed E-state index contributed by atoms with van der Waals surface area (Å²) >= 11 is 0. The van der Waals surface area contributed by atoms with Crippen molar-refractivity contribution in [3.63, 3.8) is 0 Å². The van der Waals surface area contributed by atoms with Gasteiger partial charge < -0.3 is 15.5 Å². The van der Waals surface area contributed by atoms with E-state index >= 15 is 0 Å². The van der Waals surface area contributed by atoms with Crippen LogP contribution in [0.4, 0.5) is 0 Å². The monoisotopic (exact) mass is 317 g/mol. The van der Waals surface area contributed by atoms with Crippen molar-refractivity contribution < 1.29 is 4.79 Å². The van der Waals surface area contributed by atoms with E-state index in [-0.39, 0.29) is 24.4 Å². The predicted octanol–water partition coefficient (Wildman–Crippen LogP) is 2.26. The van der Waals surface area contributed by atoms with Gasteiger partial charge in [0.2, 0.25) is 5.91 Å². The van der Waals surface area contributed by atoms with Gasteiger partial charge in [0.1, 0.15) is 0 Å². The van der Waals surface area contributed by atoms with E-state index in [1.165, 1.54) is 32.1 Å². The fourth-order valence-corrected chi connectivity index (χ4v) is 3.72. The van der Waals surface area contributed by atoms with Crippen LogP contribution in [0.1, 0.15) is 51.4 Å². The third-order valence-electron chi connectivity index (χ3n) is 5.14. The van der Waals surface area contributed by atoms with Crippen LogP contribution in [0.3, 0.4) is 0 Å². The molecule has 1 saturated heterocycles. The second kappa shape index (κ2) is 8.96. The van der Waals surface area contributed by atoms with Crippen LogP contribution in [0.5, 0.6) is 0 Å². The van der Waals surface area contributed by atoms with Crippen LogP contribution in [-0.4, -0.2) is 55.0 Å². The van der Waals surface area contributed by atoms with Gasteiger partial charge in [-0.1, -0.05) is 32.1 Å². The molecule has 21 heavy (non-hydrogen) atoms. The summed E-state index contributed by atoms with van der Waals surface area (Å²) in [7, 11) is 4.24. The van der Waals surface area contributed by atoms with Gasteiger partial charge in [-0.25, -0.2) is 0 Å². The number of likely N-dealkylation sites (tertiary alicyclic amines) is 1. The highest BCUT2D eigenvalue weighted by molar-refractivity contribution is 5.85. The van der Waals surface area contributed by atoms with Gasteiger partial charge in [0.05, 0.1) is 6.04 Å². The molecule has 2 fully saturated rings. The summed E-state index contributed by atoms with van der Waals surface area (Å²) in [6.07, 6.45) is 9.58. The van der Waals surface area contributed by atoms with Gasteiger partial charge in [0, 0.05) is 19.1 Å². The second-order valence-corrected chi connectivity index (χ2v) is 6.87. The summed E-state index contributed by atoms with van der Waals surface area (Å²) < 4.78 is 0. The van der Waals surface area contributed by atoms with Crippen LogP contribution in [0.15, 0.2) is 0 Å². The van der Waals surface area contributed by atoms with Crippen LogP contribution in [0, 0.1) is 5.92 Å². The zero-order valence-corrected chi connectivity index (χ0v) is 14.4. The Balaban J connectivity index is 0.00000220. The summed E-state index contributed by atoms with van der Waals surface area (Å²) in [6.45, 7) is 1.75. The molecule has 5 heteroatoms. The second-order valence-electron chi connectivity index (χ2n) is 6.87. The Hall–Kier alpha value is -0.320. The molecule has 0 radical (unpaired) electrons. The lowest BCUT2D eigenvalue weighted by Crippen LogP contribution is -2.50. The Labute approximate surface area is 135 Å². The smallest absolute Gasteiger partial charge is 0.239 e. The van der Waals surface area contributed by atoms with E-state index in [1.54, 1.807) is 0 Å². The van der Waals surface area contributed by atoms with Crippen molar-refractivity contribution in [2.45, 2.75) is 63.5 Å². The molecule has 1 atom stereocenters. The summed E-state index contributed by atoms with van der Waals surface area (Å²) in [5.74, 6) is 0.870. The number of carbonyl (C=O) groups is 1. The van der Waals surface area contributed by atoms with Crippen molar-refractivity contribution in [2.24, 2.45) is 11.7 Å². The summed E-state index contributed by atoms with van der Waals surface area (Å²) in [5.41, 5.74) is 6.17. The maximum Gasteiger partial charge on any atom is 0.239 e. The molecular weight excluding hydrogens is 286 g/mol. The number of rotatable bonds is 4. The van der Waals surface area contributed by atoms with E-state index in [9.17, 15) is 4.79 Å². The standard InChI is InChI=1S/C16H31N3O.ClH/c1-18(2)14-8-10-19(11-9-14)16(20)15(17)12-13-6-4-3-5-7-13;/h13-15H,3-12,17H2,1-2H3;1H. The van der Waals surface area contributed by atoms with Crippen molar-refractivity contribution in [3.8, 4) is 0 Å². The Morgan fingerprint density at radius 1 is 1.14 bits per heavy atom. The van der Waals surface area contributed by atoms with Gasteiger partial charge in [-0.05, 0) is 39.3 Å². The average Bonchev–Trinajstić information content (AvgIpc) is 2.47. The molecule has 0 bridgehead atoms. The minimum Gasteiger partial charge on any atom is -0.341 e. The first-order valence-electron chi connectivity index (χ1n) is 8.28. The summed E-state index contributed by atoms with van der Waals surface area (Å²) in [6, 6.07) is 0.350. The molecule has 124 valence electrons. The number of nitrogens with zero attached hydrogens (tertiary/aromatic N) is 2. The molecule has 1 heterocycles. The van der Waals surface area contributed by atoms with Crippen LogP contribution >= 0.6 is 12.4 Å². The Morgan fingerprint density at radius 3 is 2.24 bits per heavy atom. The van der Waals surface area contributed by atoms with Crippen molar-refractivity contribution in [2.75, 3.05) is 27.2 Å². The van der Waals surface area contributed by atoms with Gasteiger partial charge >= 0.3 is 0 Å². The van der Waals surface area contributed by atoms with Crippen molar-refractivity contribution in [1.82, 2.24) is 9.80 Å². The van der Waals surface area contributed by atoms with E-state index in [2.05, 4.69) is 19.0 Å². The first-order valence-corrected chi connectivity index (χ1v) is 8.28. The van der Waals surface area contributed by atoms with E-state index < -0.39 is 0 Å². The molecule has 2 rings (SSSR count). The SMILES string of the molecule is CN(C)C1CCN(C(=O)C(N)CC2CCCCC2)CC1.Cl. The fraction of sp³-hybridized carbons (Fsp3) is 0.938. The van der Waals surface area contributed by atoms with Crippen LogP contribution in [0.2, 0.25) is 0 Å². The lowest BCUT2D eigenvalue weighted by atomic mass is 9.84. The molecule has 0 aromatic rings. The number of hydrogen-bond acceptors (Lipinski definition) is 3. The maximum absolute atomic E-state index is 12.4. The lowest BCUT2D eigenvalue weighted by Gasteiger charge is -2.36. The number of piperidine rings is 1. The van der Waals surface area contributed by atoms with Crippen molar-refractivity contribution in [1.29, 1.82) is 0 Å². The first kappa shape index (κ1) is 18.7. The van der Waals surface area contributed by atoms with Crippen LogP contribution in [0.25, 0.3) is 0 Å². The minimum absolute atomic E-state index is 0. The highest BCUT2D eigenvalue weighted by atomic mass is 35.5. The third-order valence-corrected chi connectivity index (χ3v) is 5.14. The molecule has 1 saturated carbocycles. The van der Waals surface area contributed by atoms with Crippen molar-refractivity contribution in [3.05, 3.63) is 0 Å². The summed E-state index contributed by atoms with van der Waals surface area (Å²) in [5, 5.41) is 0. The van der Waals surface area contributed by atoms with Gasteiger partial charge in [-0.2, -0.15) is 0 Å². The third kappa shape index (κ3) is 5.42. The highest BCUT2D eigenvalue weighted by Crippen LogP contribution is 2.27. The Kier molecular flexibility index (Phi) is 7.99. The number of nitrogens with two attached hydrogens (primary N) is 1. The van der Waals surface area contributed by atoms with Gasteiger partial charge in [0.25, 0.3) is 0 Å². The predicted molar refractivity (Wildman–Crippen MR) is 89.7 cm³/mol. The molecule has 1 unspecified atom stereocenters. The normalized spacial score (nSPS) is 23.0. The van der Waals surface area contributed by atoms with Gasteiger partial charge in [0.15, 0.2) is 0 Å². The average molecular weight is 318 g/mol. The van der Waals surface area contributed by atoms with E-state index in [4.69, 9.17) is 5.73 Å². The largest absolute Gasteiger partial charge is 0.341 e.